The van der Waals surface area contributed by atoms with Crippen molar-refractivity contribution in [1.29, 1.82) is 0 Å². The molecule has 4 heteroatoms. The zero-order valence-electron chi connectivity index (χ0n) is 6.50. The van der Waals surface area contributed by atoms with Gasteiger partial charge in [-0.15, -0.1) is 0 Å². The SMILES string of the molecule is CNCc1cc(F)cc(F)c1Cl. The van der Waals surface area contributed by atoms with E-state index in [1.807, 2.05) is 0 Å². The van der Waals surface area contributed by atoms with E-state index in [1.54, 1.807) is 7.05 Å². The quantitative estimate of drug-likeness (QED) is 0.708. The van der Waals surface area contributed by atoms with E-state index in [-0.39, 0.29) is 5.02 Å². The van der Waals surface area contributed by atoms with Gasteiger partial charge in [0.2, 0.25) is 0 Å². The van der Waals surface area contributed by atoms with Crippen LogP contribution in [0.3, 0.4) is 0 Å². The van der Waals surface area contributed by atoms with Gasteiger partial charge in [-0.05, 0) is 18.7 Å². The van der Waals surface area contributed by atoms with Crippen molar-refractivity contribution in [3.05, 3.63) is 34.4 Å². The maximum absolute atomic E-state index is 12.8. The maximum atomic E-state index is 12.8. The number of hydrogen-bond donors (Lipinski definition) is 1. The van der Waals surface area contributed by atoms with Gasteiger partial charge in [-0.1, -0.05) is 11.6 Å². The average molecular weight is 192 g/mol. The van der Waals surface area contributed by atoms with E-state index in [9.17, 15) is 8.78 Å². The fourth-order valence-electron chi connectivity index (χ4n) is 0.928. The van der Waals surface area contributed by atoms with Gasteiger partial charge >= 0.3 is 0 Å². The molecule has 1 N–H and O–H groups in total. The number of rotatable bonds is 2. The van der Waals surface area contributed by atoms with Gasteiger partial charge in [-0.2, -0.15) is 0 Å². The summed E-state index contributed by atoms with van der Waals surface area (Å²) in [5.74, 6) is -1.33. The molecule has 1 rings (SSSR count). The predicted molar refractivity (Wildman–Crippen MR) is 44.1 cm³/mol. The summed E-state index contributed by atoms with van der Waals surface area (Å²) in [6, 6.07) is 1.98. The van der Waals surface area contributed by atoms with Crippen molar-refractivity contribution in [3.63, 3.8) is 0 Å². The summed E-state index contributed by atoms with van der Waals surface area (Å²) in [7, 11) is 1.68. The second-order valence-electron chi connectivity index (χ2n) is 2.39. The van der Waals surface area contributed by atoms with Gasteiger partial charge in [0.15, 0.2) is 0 Å². The van der Waals surface area contributed by atoms with Crippen molar-refractivity contribution >= 4 is 11.6 Å². The van der Waals surface area contributed by atoms with Crippen LogP contribution in [0.1, 0.15) is 5.56 Å². The van der Waals surface area contributed by atoms with Crippen molar-refractivity contribution in [1.82, 2.24) is 5.32 Å². The van der Waals surface area contributed by atoms with E-state index in [1.165, 1.54) is 6.07 Å². The Morgan fingerprint density at radius 3 is 2.67 bits per heavy atom. The molecular weight excluding hydrogens is 184 g/mol. The highest BCUT2D eigenvalue weighted by atomic mass is 35.5. The zero-order chi connectivity index (χ0) is 9.14. The third-order valence-electron chi connectivity index (χ3n) is 1.44. The van der Waals surface area contributed by atoms with Gasteiger partial charge in [0.1, 0.15) is 11.6 Å². The lowest BCUT2D eigenvalue weighted by molar-refractivity contribution is 0.578. The molecule has 0 unspecified atom stereocenters. The lowest BCUT2D eigenvalue weighted by Crippen LogP contribution is -2.06. The summed E-state index contributed by atoms with van der Waals surface area (Å²) in [6.45, 7) is 0.355. The first-order valence-electron chi connectivity index (χ1n) is 3.43. The molecule has 0 saturated heterocycles. The third kappa shape index (κ3) is 1.93. The van der Waals surface area contributed by atoms with Crippen LogP contribution in [0.5, 0.6) is 0 Å². The molecule has 0 spiro atoms. The van der Waals surface area contributed by atoms with Crippen molar-refractivity contribution in [2.24, 2.45) is 0 Å². The van der Waals surface area contributed by atoms with Crippen LogP contribution in [0.25, 0.3) is 0 Å². The molecule has 0 amide bonds. The van der Waals surface area contributed by atoms with E-state index in [2.05, 4.69) is 5.32 Å². The Balaban J connectivity index is 3.09. The normalized spacial score (nSPS) is 10.3. The average Bonchev–Trinajstić information content (AvgIpc) is 2.00. The van der Waals surface area contributed by atoms with Gasteiger partial charge in [-0.3, -0.25) is 0 Å². The van der Waals surface area contributed by atoms with Gasteiger partial charge in [0.05, 0.1) is 5.02 Å². The first-order valence-corrected chi connectivity index (χ1v) is 3.81. The number of hydrogen-bond acceptors (Lipinski definition) is 1. The van der Waals surface area contributed by atoms with E-state index in [0.29, 0.717) is 12.1 Å². The molecule has 0 aliphatic rings. The summed E-state index contributed by atoms with van der Waals surface area (Å²) >= 11 is 5.56. The molecule has 0 atom stereocenters. The highest BCUT2D eigenvalue weighted by Crippen LogP contribution is 2.21. The van der Waals surface area contributed by atoms with Crippen LogP contribution in [-0.2, 0) is 6.54 Å². The van der Waals surface area contributed by atoms with Crippen LogP contribution < -0.4 is 5.32 Å². The zero-order valence-corrected chi connectivity index (χ0v) is 7.25. The van der Waals surface area contributed by atoms with Crippen LogP contribution in [0.4, 0.5) is 8.78 Å². The molecule has 0 aliphatic carbocycles. The molecule has 12 heavy (non-hydrogen) atoms. The molecule has 0 aliphatic heterocycles. The van der Waals surface area contributed by atoms with E-state index < -0.39 is 11.6 Å². The van der Waals surface area contributed by atoms with Crippen LogP contribution in [-0.4, -0.2) is 7.05 Å². The highest BCUT2D eigenvalue weighted by molar-refractivity contribution is 6.31. The van der Waals surface area contributed by atoms with E-state index >= 15 is 0 Å². The van der Waals surface area contributed by atoms with Crippen molar-refractivity contribution in [2.45, 2.75) is 6.54 Å². The fourth-order valence-corrected chi connectivity index (χ4v) is 1.10. The Labute approximate surface area is 74.3 Å². The molecule has 1 aromatic carbocycles. The first-order chi connectivity index (χ1) is 5.65. The predicted octanol–water partition coefficient (Wildman–Crippen LogP) is 2.34. The Hall–Kier alpha value is -0.670. The molecule has 1 aromatic rings. The lowest BCUT2D eigenvalue weighted by atomic mass is 10.2. The summed E-state index contributed by atoms with van der Waals surface area (Å²) in [5.41, 5.74) is 0.427. The summed E-state index contributed by atoms with van der Waals surface area (Å²) < 4.78 is 25.4. The fraction of sp³-hybridized carbons (Fsp3) is 0.250. The van der Waals surface area contributed by atoms with Gasteiger partial charge in [0.25, 0.3) is 0 Å². The topological polar surface area (TPSA) is 12.0 Å². The Morgan fingerprint density at radius 2 is 2.08 bits per heavy atom. The smallest absolute Gasteiger partial charge is 0.145 e. The maximum Gasteiger partial charge on any atom is 0.145 e. The minimum Gasteiger partial charge on any atom is -0.316 e. The van der Waals surface area contributed by atoms with Crippen molar-refractivity contribution in [3.8, 4) is 0 Å². The van der Waals surface area contributed by atoms with Crippen molar-refractivity contribution < 1.29 is 8.78 Å². The Bertz CT molecular complexity index is 289. The van der Waals surface area contributed by atoms with E-state index in [4.69, 9.17) is 11.6 Å². The Kier molecular flexibility index (Phi) is 3.00. The third-order valence-corrected chi connectivity index (χ3v) is 1.86. The van der Waals surface area contributed by atoms with Gasteiger partial charge < -0.3 is 5.32 Å². The molecule has 0 heterocycles. The van der Waals surface area contributed by atoms with Gasteiger partial charge in [-0.25, -0.2) is 8.78 Å². The minimum absolute atomic E-state index is 0.0225. The monoisotopic (exact) mass is 191 g/mol. The second-order valence-corrected chi connectivity index (χ2v) is 2.77. The molecule has 0 aromatic heterocycles. The number of halogens is 3. The molecule has 0 saturated carbocycles. The van der Waals surface area contributed by atoms with Crippen LogP contribution in [0, 0.1) is 11.6 Å². The highest BCUT2D eigenvalue weighted by Gasteiger charge is 2.07. The summed E-state index contributed by atoms with van der Waals surface area (Å²) in [4.78, 5) is 0. The second kappa shape index (κ2) is 3.83. The molecule has 0 fully saturated rings. The Morgan fingerprint density at radius 1 is 1.42 bits per heavy atom. The molecule has 66 valence electrons. The summed E-state index contributed by atoms with van der Waals surface area (Å²) in [6.07, 6.45) is 0. The minimum atomic E-state index is -0.720. The lowest BCUT2D eigenvalue weighted by Gasteiger charge is -2.03. The van der Waals surface area contributed by atoms with Gasteiger partial charge in [0, 0.05) is 12.6 Å². The molecular formula is C8H8ClF2N. The molecule has 1 nitrogen and oxygen atoms in total. The van der Waals surface area contributed by atoms with Crippen LogP contribution in [0.2, 0.25) is 5.02 Å². The van der Waals surface area contributed by atoms with Crippen LogP contribution in [0.15, 0.2) is 12.1 Å². The van der Waals surface area contributed by atoms with E-state index in [0.717, 1.165) is 6.07 Å². The number of nitrogens with one attached hydrogen (secondary N) is 1. The molecule has 0 bridgehead atoms. The van der Waals surface area contributed by atoms with Crippen LogP contribution >= 0.6 is 11.6 Å². The van der Waals surface area contributed by atoms with Crippen molar-refractivity contribution in [2.75, 3.05) is 7.05 Å². The largest absolute Gasteiger partial charge is 0.316 e. The molecule has 0 radical (unpaired) electrons. The standard InChI is InChI=1S/C8H8ClF2N/c1-12-4-5-2-6(10)3-7(11)8(5)9/h2-3,12H,4H2,1H3. The first kappa shape index (κ1) is 9.42. The summed E-state index contributed by atoms with van der Waals surface area (Å²) in [5, 5.41) is 2.74. The number of benzene rings is 1.